The number of ether oxygens (including phenoxy) is 2. The van der Waals surface area contributed by atoms with Crippen LogP contribution in [0.1, 0.15) is 19.8 Å². The maximum atomic E-state index is 9.36. The lowest BCUT2D eigenvalue weighted by Crippen LogP contribution is -2.39. The van der Waals surface area contributed by atoms with Crippen LogP contribution in [-0.2, 0) is 9.47 Å². The lowest BCUT2D eigenvalue weighted by molar-refractivity contribution is -0.214. The zero-order chi connectivity index (χ0) is 12.1. The van der Waals surface area contributed by atoms with E-state index in [4.69, 9.17) is 9.47 Å². The maximum Gasteiger partial charge on any atom is 0.231 e. The van der Waals surface area contributed by atoms with Crippen molar-refractivity contribution in [1.29, 1.82) is 0 Å². The van der Waals surface area contributed by atoms with Gasteiger partial charge in [-0.25, -0.2) is 0 Å². The molecule has 0 saturated carbocycles. The summed E-state index contributed by atoms with van der Waals surface area (Å²) in [6.45, 7) is 2.05. The predicted octanol–water partition coefficient (Wildman–Crippen LogP) is 1.35. The number of rotatable bonds is 0. The Hall–Kier alpha value is -1.68. The average molecular weight is 230 g/mol. The van der Waals surface area contributed by atoms with Gasteiger partial charge in [0.15, 0.2) is 0 Å². The number of allylic oxidation sites excluding steroid dienone is 2. The molecule has 0 aromatic carbocycles. The van der Waals surface area contributed by atoms with E-state index in [2.05, 4.69) is 23.7 Å². The molecule has 0 aliphatic carbocycles. The van der Waals surface area contributed by atoms with Crippen molar-refractivity contribution in [2.75, 3.05) is 6.61 Å². The molecule has 0 radical (unpaired) electrons. The van der Waals surface area contributed by atoms with Crippen LogP contribution >= 0.6 is 0 Å². The lowest BCUT2D eigenvalue weighted by Gasteiger charge is -2.33. The highest BCUT2D eigenvalue weighted by molar-refractivity contribution is 5.35. The Labute approximate surface area is 101 Å². The maximum absolute atomic E-state index is 9.36. The van der Waals surface area contributed by atoms with E-state index in [9.17, 15) is 5.11 Å². The molecule has 0 amide bonds. The van der Waals surface area contributed by atoms with Crippen LogP contribution in [0.4, 0.5) is 0 Å². The van der Waals surface area contributed by atoms with Gasteiger partial charge in [0.2, 0.25) is 5.79 Å². The molecule has 2 rings (SSSR count). The van der Waals surface area contributed by atoms with Crippen LogP contribution in [0.2, 0.25) is 0 Å². The Morgan fingerprint density at radius 3 is 3.12 bits per heavy atom. The molecule has 0 aromatic rings. The molecule has 0 aromatic heterocycles. The molecule has 88 valence electrons. The second kappa shape index (κ2) is 5.10. The van der Waals surface area contributed by atoms with E-state index in [1.165, 1.54) is 0 Å². The summed E-state index contributed by atoms with van der Waals surface area (Å²) in [6.07, 6.45) is 6.34. The van der Waals surface area contributed by atoms with Gasteiger partial charge in [0.1, 0.15) is 5.76 Å². The van der Waals surface area contributed by atoms with Crippen molar-refractivity contribution in [2.24, 2.45) is 0 Å². The molecule has 1 fully saturated rings. The number of hydrogen-bond donors (Lipinski definition) is 1. The monoisotopic (exact) mass is 230 g/mol. The van der Waals surface area contributed by atoms with Gasteiger partial charge < -0.3 is 14.6 Å². The third kappa shape index (κ3) is 2.91. The van der Waals surface area contributed by atoms with E-state index in [1.54, 1.807) is 13.0 Å². The minimum absolute atomic E-state index is 0.310. The molecule has 1 N–H and O–H groups in total. The van der Waals surface area contributed by atoms with Crippen molar-refractivity contribution in [3.05, 3.63) is 24.0 Å². The zero-order valence-electron chi connectivity index (χ0n) is 9.69. The van der Waals surface area contributed by atoms with Crippen molar-refractivity contribution >= 4 is 0 Å². The smallest absolute Gasteiger partial charge is 0.231 e. The molecular formula is C14H14O3. The Morgan fingerprint density at radius 1 is 1.53 bits per heavy atom. The Kier molecular flexibility index (Phi) is 3.54. The van der Waals surface area contributed by atoms with Gasteiger partial charge in [-0.3, -0.25) is 0 Å². The van der Waals surface area contributed by atoms with Crippen LogP contribution in [-0.4, -0.2) is 23.6 Å². The van der Waals surface area contributed by atoms with Gasteiger partial charge in [-0.2, -0.15) is 0 Å². The molecule has 0 bridgehead atoms. The van der Waals surface area contributed by atoms with Crippen molar-refractivity contribution < 1.29 is 14.6 Å². The van der Waals surface area contributed by atoms with Gasteiger partial charge >= 0.3 is 0 Å². The summed E-state index contributed by atoms with van der Waals surface area (Å²) < 4.78 is 11.2. The summed E-state index contributed by atoms with van der Waals surface area (Å²) in [7, 11) is 0. The first-order chi connectivity index (χ1) is 8.24. The molecule has 1 spiro atoms. The van der Waals surface area contributed by atoms with Crippen LogP contribution in [0, 0.1) is 23.7 Å². The van der Waals surface area contributed by atoms with Gasteiger partial charge in [0, 0.05) is 12.5 Å². The molecule has 3 nitrogen and oxygen atoms in total. The second-order valence-electron chi connectivity index (χ2n) is 3.94. The zero-order valence-corrected chi connectivity index (χ0v) is 9.69. The highest BCUT2D eigenvalue weighted by Gasteiger charge is 2.39. The minimum atomic E-state index is -0.691. The molecule has 1 saturated heterocycles. The van der Waals surface area contributed by atoms with Crippen molar-refractivity contribution in [3.8, 4) is 23.7 Å². The highest BCUT2D eigenvalue weighted by atomic mass is 16.7. The van der Waals surface area contributed by atoms with Gasteiger partial charge in [-0.1, -0.05) is 11.8 Å². The van der Waals surface area contributed by atoms with Crippen LogP contribution in [0.5, 0.6) is 0 Å². The van der Waals surface area contributed by atoms with E-state index in [-0.39, 0.29) is 6.10 Å². The fourth-order valence-corrected chi connectivity index (χ4v) is 1.73. The summed E-state index contributed by atoms with van der Waals surface area (Å²) in [4.78, 5) is 0. The van der Waals surface area contributed by atoms with E-state index < -0.39 is 5.79 Å². The molecule has 2 aliphatic heterocycles. The first kappa shape index (κ1) is 11.8. The van der Waals surface area contributed by atoms with Crippen LogP contribution in [0.15, 0.2) is 24.0 Å². The standard InChI is InChI=1S/C14H14O3/c1-2-3-4-5-6-13-8-10-14(17-13)9-7-12(15)11-16-14/h6,8,10,12,15H,7,9,11H2,1H3/b13-6+. The lowest BCUT2D eigenvalue weighted by atomic mass is 10.0. The number of hydrogen-bond acceptors (Lipinski definition) is 3. The fraction of sp³-hybridized carbons (Fsp3) is 0.429. The second-order valence-corrected chi connectivity index (χ2v) is 3.94. The molecule has 2 heterocycles. The summed E-state index contributed by atoms with van der Waals surface area (Å²) in [5.74, 6) is 10.8. The number of aliphatic hydroxyl groups is 1. The van der Waals surface area contributed by atoms with E-state index >= 15 is 0 Å². The van der Waals surface area contributed by atoms with E-state index in [0.717, 1.165) is 0 Å². The summed E-state index contributed by atoms with van der Waals surface area (Å²) >= 11 is 0. The molecular weight excluding hydrogens is 216 g/mol. The average Bonchev–Trinajstić information content (AvgIpc) is 2.73. The summed E-state index contributed by atoms with van der Waals surface area (Å²) in [5, 5.41) is 9.36. The fourth-order valence-electron chi connectivity index (χ4n) is 1.73. The van der Waals surface area contributed by atoms with Crippen LogP contribution in [0.3, 0.4) is 0 Å². The van der Waals surface area contributed by atoms with Crippen LogP contribution < -0.4 is 0 Å². The molecule has 2 aliphatic rings. The molecule has 17 heavy (non-hydrogen) atoms. The van der Waals surface area contributed by atoms with Gasteiger partial charge in [-0.05, 0) is 37.3 Å². The largest absolute Gasteiger partial charge is 0.458 e. The van der Waals surface area contributed by atoms with E-state index in [1.807, 2.05) is 12.2 Å². The van der Waals surface area contributed by atoms with Crippen molar-refractivity contribution in [2.45, 2.75) is 31.7 Å². The third-order valence-electron chi connectivity index (χ3n) is 2.61. The van der Waals surface area contributed by atoms with Gasteiger partial charge in [0.05, 0.1) is 12.7 Å². The quantitative estimate of drug-likeness (QED) is 0.638. The Balaban J connectivity index is 1.98. The SMILES string of the molecule is CC#CC#C/C=C1\C=CC2(CCC(O)CO2)O1. The van der Waals surface area contributed by atoms with Crippen molar-refractivity contribution in [1.82, 2.24) is 0 Å². The predicted molar refractivity (Wildman–Crippen MR) is 63.5 cm³/mol. The number of aliphatic hydroxyl groups excluding tert-OH is 1. The summed E-state index contributed by atoms with van der Waals surface area (Å²) in [5.41, 5.74) is 0. The summed E-state index contributed by atoms with van der Waals surface area (Å²) in [6, 6.07) is 0. The van der Waals surface area contributed by atoms with Crippen molar-refractivity contribution in [3.63, 3.8) is 0 Å². The first-order valence-electron chi connectivity index (χ1n) is 5.57. The van der Waals surface area contributed by atoms with E-state index in [0.29, 0.717) is 25.2 Å². The third-order valence-corrected chi connectivity index (χ3v) is 2.61. The molecule has 2 unspecified atom stereocenters. The normalized spacial score (nSPS) is 32.6. The highest BCUT2D eigenvalue weighted by Crippen LogP contribution is 2.34. The Bertz CT molecular complexity index is 457. The topological polar surface area (TPSA) is 38.7 Å². The Morgan fingerprint density at radius 2 is 2.41 bits per heavy atom. The minimum Gasteiger partial charge on any atom is -0.458 e. The molecule has 3 heteroatoms. The first-order valence-corrected chi connectivity index (χ1v) is 5.57. The van der Waals surface area contributed by atoms with Gasteiger partial charge in [0.25, 0.3) is 0 Å². The van der Waals surface area contributed by atoms with Gasteiger partial charge in [-0.15, -0.1) is 0 Å². The molecule has 2 atom stereocenters. The van der Waals surface area contributed by atoms with Crippen LogP contribution in [0.25, 0.3) is 0 Å².